The van der Waals surface area contributed by atoms with Gasteiger partial charge in [-0.15, -0.1) is 0 Å². The molecule has 0 fully saturated rings. The zero-order valence-corrected chi connectivity index (χ0v) is 17.3. The largest absolute Gasteiger partial charge is 0.492 e. The molecule has 0 saturated heterocycles. The maximum atomic E-state index is 12.6. The molecular formula is C22H30N2O4. The Labute approximate surface area is 167 Å². The first kappa shape index (κ1) is 21.8. The molecule has 1 aromatic rings. The van der Waals surface area contributed by atoms with Gasteiger partial charge in [0.05, 0.1) is 12.0 Å². The van der Waals surface area contributed by atoms with E-state index in [0.717, 1.165) is 23.4 Å². The van der Waals surface area contributed by atoms with Crippen molar-refractivity contribution in [3.63, 3.8) is 0 Å². The number of ether oxygens (including phenoxy) is 1. The van der Waals surface area contributed by atoms with Crippen LogP contribution in [-0.4, -0.2) is 54.5 Å². The van der Waals surface area contributed by atoms with E-state index in [-0.39, 0.29) is 23.7 Å². The Hall–Kier alpha value is -2.47. The molecule has 0 aromatic heterocycles. The molecule has 0 bridgehead atoms. The Morgan fingerprint density at radius 1 is 1.18 bits per heavy atom. The van der Waals surface area contributed by atoms with Gasteiger partial charge >= 0.3 is 0 Å². The van der Waals surface area contributed by atoms with Crippen LogP contribution < -0.4 is 4.74 Å². The molecule has 152 valence electrons. The lowest BCUT2D eigenvalue weighted by molar-refractivity contribution is -0.131. The first-order valence-corrected chi connectivity index (χ1v) is 9.59. The van der Waals surface area contributed by atoms with E-state index in [9.17, 15) is 14.4 Å². The minimum atomic E-state index is -0.487. The Morgan fingerprint density at radius 2 is 1.86 bits per heavy atom. The van der Waals surface area contributed by atoms with Crippen molar-refractivity contribution in [1.82, 2.24) is 9.80 Å². The van der Waals surface area contributed by atoms with Crippen molar-refractivity contribution in [2.45, 2.75) is 39.8 Å². The SMILES string of the molecule is C=C(C(=O)CC(=O)CC(C)C)C(=O)N1Cc2ccc(OCCN(C)C)cc2C1. The predicted molar refractivity (Wildman–Crippen MR) is 108 cm³/mol. The molecule has 6 heteroatoms. The summed E-state index contributed by atoms with van der Waals surface area (Å²) in [7, 11) is 3.97. The third-order valence-electron chi connectivity index (χ3n) is 4.58. The zero-order valence-electron chi connectivity index (χ0n) is 17.3. The van der Waals surface area contributed by atoms with Crippen molar-refractivity contribution < 1.29 is 19.1 Å². The second-order valence-electron chi connectivity index (χ2n) is 7.96. The van der Waals surface area contributed by atoms with Gasteiger partial charge in [-0.25, -0.2) is 0 Å². The zero-order chi connectivity index (χ0) is 20.8. The van der Waals surface area contributed by atoms with Gasteiger partial charge in [0, 0.05) is 26.1 Å². The summed E-state index contributed by atoms with van der Waals surface area (Å²) >= 11 is 0. The fourth-order valence-electron chi connectivity index (χ4n) is 3.07. The van der Waals surface area contributed by atoms with Gasteiger partial charge in [0.2, 0.25) is 0 Å². The van der Waals surface area contributed by atoms with Gasteiger partial charge < -0.3 is 14.5 Å². The third-order valence-corrected chi connectivity index (χ3v) is 4.58. The number of nitrogens with zero attached hydrogens (tertiary/aromatic N) is 2. The van der Waals surface area contributed by atoms with E-state index in [2.05, 4.69) is 6.58 Å². The highest BCUT2D eigenvalue weighted by Crippen LogP contribution is 2.28. The van der Waals surface area contributed by atoms with Crippen molar-refractivity contribution >= 4 is 17.5 Å². The number of amides is 1. The average Bonchev–Trinajstić information content (AvgIpc) is 3.02. The van der Waals surface area contributed by atoms with Crippen LogP contribution in [0.3, 0.4) is 0 Å². The molecule has 28 heavy (non-hydrogen) atoms. The third kappa shape index (κ3) is 6.02. The van der Waals surface area contributed by atoms with E-state index in [1.807, 2.05) is 51.0 Å². The minimum absolute atomic E-state index is 0.118. The number of carbonyl (C=O) groups excluding carboxylic acids is 3. The van der Waals surface area contributed by atoms with Gasteiger partial charge in [-0.05, 0) is 43.3 Å². The van der Waals surface area contributed by atoms with Crippen molar-refractivity contribution in [3.05, 3.63) is 41.5 Å². The first-order chi connectivity index (χ1) is 13.2. The number of benzene rings is 1. The van der Waals surface area contributed by atoms with Crippen LogP contribution in [-0.2, 0) is 27.5 Å². The molecule has 1 heterocycles. The second kappa shape index (κ2) is 9.64. The van der Waals surface area contributed by atoms with Crippen LogP contribution in [0.15, 0.2) is 30.4 Å². The topological polar surface area (TPSA) is 66.9 Å². The molecular weight excluding hydrogens is 356 g/mol. The van der Waals surface area contributed by atoms with Gasteiger partial charge in [0.15, 0.2) is 5.78 Å². The number of Topliss-reactive ketones (excluding diaryl/α,β-unsaturated/α-hetero) is 2. The van der Waals surface area contributed by atoms with Crippen LogP contribution in [0.2, 0.25) is 0 Å². The summed E-state index contributed by atoms with van der Waals surface area (Å²) < 4.78 is 5.74. The van der Waals surface area contributed by atoms with E-state index >= 15 is 0 Å². The molecule has 0 saturated carbocycles. The maximum absolute atomic E-state index is 12.6. The highest BCUT2D eigenvalue weighted by atomic mass is 16.5. The standard InChI is InChI=1S/C22H30N2O4/c1-15(2)10-19(25)12-21(26)16(3)22(27)24-13-17-6-7-20(11-18(17)14-24)28-9-8-23(4)5/h6-7,11,15H,3,8-10,12-14H2,1-2,4-5H3. The Morgan fingerprint density at radius 3 is 2.50 bits per heavy atom. The summed E-state index contributed by atoms with van der Waals surface area (Å²) in [5.74, 6) is -0.0957. The lowest BCUT2D eigenvalue weighted by Gasteiger charge is -2.16. The van der Waals surface area contributed by atoms with Crippen LogP contribution >= 0.6 is 0 Å². The highest BCUT2D eigenvalue weighted by molar-refractivity contribution is 6.22. The smallest absolute Gasteiger partial charge is 0.257 e. The summed E-state index contributed by atoms with van der Waals surface area (Å²) in [4.78, 5) is 40.4. The normalized spacial score (nSPS) is 13.0. The van der Waals surface area contributed by atoms with E-state index in [0.29, 0.717) is 26.1 Å². The van der Waals surface area contributed by atoms with Gasteiger partial charge in [0.25, 0.3) is 5.91 Å². The quantitative estimate of drug-likeness (QED) is 0.351. The van der Waals surface area contributed by atoms with E-state index in [4.69, 9.17) is 4.74 Å². The molecule has 0 radical (unpaired) electrons. The maximum Gasteiger partial charge on any atom is 0.257 e. The lowest BCUT2D eigenvalue weighted by Crippen LogP contribution is -2.30. The fraction of sp³-hybridized carbons (Fsp3) is 0.500. The Bertz CT molecular complexity index is 768. The number of ketones is 2. The number of hydrogen-bond acceptors (Lipinski definition) is 5. The molecule has 1 aliphatic heterocycles. The molecule has 0 N–H and O–H groups in total. The van der Waals surface area contributed by atoms with Crippen LogP contribution in [0.25, 0.3) is 0 Å². The number of hydrogen-bond donors (Lipinski definition) is 0. The molecule has 2 rings (SSSR count). The van der Waals surface area contributed by atoms with Gasteiger partial charge in [-0.1, -0.05) is 26.5 Å². The molecule has 1 amide bonds. The minimum Gasteiger partial charge on any atom is -0.492 e. The van der Waals surface area contributed by atoms with Crippen LogP contribution in [0, 0.1) is 5.92 Å². The van der Waals surface area contributed by atoms with Crippen molar-refractivity contribution in [3.8, 4) is 5.75 Å². The first-order valence-electron chi connectivity index (χ1n) is 9.59. The number of rotatable bonds is 10. The van der Waals surface area contributed by atoms with Gasteiger partial charge in [-0.2, -0.15) is 0 Å². The number of carbonyl (C=O) groups is 3. The molecule has 0 atom stereocenters. The second-order valence-corrected chi connectivity index (χ2v) is 7.96. The molecule has 1 aromatic carbocycles. The molecule has 1 aliphatic rings. The Kier molecular flexibility index (Phi) is 7.52. The molecule has 6 nitrogen and oxygen atoms in total. The highest BCUT2D eigenvalue weighted by Gasteiger charge is 2.28. The summed E-state index contributed by atoms with van der Waals surface area (Å²) in [6, 6.07) is 5.78. The monoisotopic (exact) mass is 386 g/mol. The lowest BCUT2D eigenvalue weighted by atomic mass is 10.0. The van der Waals surface area contributed by atoms with E-state index < -0.39 is 11.7 Å². The van der Waals surface area contributed by atoms with Crippen LogP contribution in [0.1, 0.15) is 37.8 Å². The van der Waals surface area contributed by atoms with Crippen molar-refractivity contribution in [1.29, 1.82) is 0 Å². The summed E-state index contributed by atoms with van der Waals surface area (Å²) in [5, 5.41) is 0. The number of fused-ring (bicyclic) bond motifs is 1. The summed E-state index contributed by atoms with van der Waals surface area (Å²) in [5.41, 5.74) is 1.92. The average molecular weight is 386 g/mol. The van der Waals surface area contributed by atoms with Crippen LogP contribution in [0.5, 0.6) is 5.75 Å². The fourth-order valence-corrected chi connectivity index (χ4v) is 3.07. The van der Waals surface area contributed by atoms with Gasteiger partial charge in [0.1, 0.15) is 18.1 Å². The molecule has 0 spiro atoms. The predicted octanol–water partition coefficient (Wildman–Crippen LogP) is 2.60. The summed E-state index contributed by atoms with van der Waals surface area (Å²) in [6.45, 7) is 9.73. The van der Waals surface area contributed by atoms with Gasteiger partial charge in [-0.3, -0.25) is 14.4 Å². The summed E-state index contributed by atoms with van der Waals surface area (Å²) in [6.07, 6.45) is 0.0758. The molecule has 0 unspecified atom stereocenters. The van der Waals surface area contributed by atoms with E-state index in [1.165, 1.54) is 0 Å². The Balaban J connectivity index is 1.93. The van der Waals surface area contributed by atoms with Crippen molar-refractivity contribution in [2.24, 2.45) is 5.92 Å². The van der Waals surface area contributed by atoms with Crippen molar-refractivity contribution in [2.75, 3.05) is 27.2 Å². The number of likely N-dealkylation sites (N-methyl/N-ethyl adjacent to an activating group) is 1. The van der Waals surface area contributed by atoms with Crippen LogP contribution in [0.4, 0.5) is 0 Å². The molecule has 0 aliphatic carbocycles. The van der Waals surface area contributed by atoms with E-state index in [1.54, 1.807) is 4.90 Å².